The van der Waals surface area contributed by atoms with E-state index in [4.69, 9.17) is 8.94 Å². The Hall–Kier alpha value is -3.49. The highest BCUT2D eigenvalue weighted by molar-refractivity contribution is 5.91. The molecule has 1 fully saturated rings. The number of hydrogen-bond acceptors (Lipinski definition) is 7. The molecule has 1 N–H and O–H groups in total. The lowest BCUT2D eigenvalue weighted by Crippen LogP contribution is -2.31. The van der Waals surface area contributed by atoms with Crippen molar-refractivity contribution in [1.29, 1.82) is 0 Å². The van der Waals surface area contributed by atoms with Gasteiger partial charge >= 0.3 is 0 Å². The van der Waals surface area contributed by atoms with Crippen molar-refractivity contribution in [2.24, 2.45) is 5.92 Å². The summed E-state index contributed by atoms with van der Waals surface area (Å²) in [6.07, 6.45) is 6.24. The van der Waals surface area contributed by atoms with Gasteiger partial charge in [0, 0.05) is 5.56 Å². The van der Waals surface area contributed by atoms with E-state index in [2.05, 4.69) is 25.8 Å². The number of aromatic nitrogens is 5. The van der Waals surface area contributed by atoms with Gasteiger partial charge in [-0.2, -0.15) is 4.98 Å². The van der Waals surface area contributed by atoms with Gasteiger partial charge in [-0.3, -0.25) is 4.79 Å². The number of furan rings is 1. The molecule has 9 heteroatoms. The molecule has 1 aliphatic carbocycles. The predicted molar refractivity (Wildman–Crippen MR) is 112 cm³/mol. The minimum absolute atomic E-state index is 0.0426. The molecule has 1 saturated carbocycles. The van der Waals surface area contributed by atoms with Crippen LogP contribution in [-0.2, 0) is 0 Å². The largest absolute Gasteiger partial charge is 0.459 e. The lowest BCUT2D eigenvalue weighted by Gasteiger charge is -2.17. The Morgan fingerprint density at radius 3 is 2.81 bits per heavy atom. The van der Waals surface area contributed by atoms with Crippen molar-refractivity contribution in [3.05, 3.63) is 48.2 Å². The Morgan fingerprint density at radius 1 is 1.23 bits per heavy atom. The second-order valence-corrected chi connectivity index (χ2v) is 8.30. The number of rotatable bonds is 6. The summed E-state index contributed by atoms with van der Waals surface area (Å²) in [5.74, 6) is 0.750. The second kappa shape index (κ2) is 7.98. The van der Waals surface area contributed by atoms with Gasteiger partial charge in [-0.15, -0.1) is 5.10 Å². The third-order valence-corrected chi connectivity index (χ3v) is 5.81. The Kier molecular flexibility index (Phi) is 5.01. The molecule has 1 atom stereocenters. The molecule has 4 aromatic rings. The second-order valence-electron chi connectivity index (χ2n) is 8.30. The topological polar surface area (TPSA) is 112 Å². The van der Waals surface area contributed by atoms with Gasteiger partial charge in [0.05, 0.1) is 17.8 Å². The van der Waals surface area contributed by atoms with Crippen molar-refractivity contribution >= 4 is 16.9 Å². The molecule has 0 aliphatic heterocycles. The molecule has 0 saturated heterocycles. The number of nitrogens with one attached hydrogen (secondary N) is 1. The van der Waals surface area contributed by atoms with Crippen LogP contribution in [0.4, 0.5) is 0 Å². The number of amides is 1. The van der Waals surface area contributed by atoms with Crippen LogP contribution < -0.4 is 5.32 Å². The molecular formula is C22H24N6O3. The monoisotopic (exact) mass is 420 g/mol. The molecule has 1 amide bonds. The number of nitrogens with zero attached hydrogens (tertiary/aromatic N) is 5. The van der Waals surface area contributed by atoms with Gasteiger partial charge in [0.1, 0.15) is 11.6 Å². The summed E-state index contributed by atoms with van der Waals surface area (Å²) in [5, 5.41) is 15.8. The Labute approximate surface area is 178 Å². The molecule has 3 aromatic heterocycles. The maximum Gasteiger partial charge on any atom is 0.287 e. The number of hydrogen-bond donors (Lipinski definition) is 1. The van der Waals surface area contributed by atoms with Crippen LogP contribution in [0.25, 0.3) is 22.4 Å². The van der Waals surface area contributed by atoms with E-state index in [-0.39, 0.29) is 17.6 Å². The Morgan fingerprint density at radius 2 is 2.06 bits per heavy atom. The van der Waals surface area contributed by atoms with Gasteiger partial charge in [0.25, 0.3) is 5.91 Å². The quantitative estimate of drug-likeness (QED) is 0.494. The van der Waals surface area contributed by atoms with Crippen molar-refractivity contribution in [1.82, 2.24) is 30.5 Å². The van der Waals surface area contributed by atoms with Gasteiger partial charge in [0.15, 0.2) is 5.76 Å². The maximum atomic E-state index is 12.4. The summed E-state index contributed by atoms with van der Waals surface area (Å²) in [6, 6.07) is 9.16. The zero-order valence-corrected chi connectivity index (χ0v) is 17.5. The van der Waals surface area contributed by atoms with Gasteiger partial charge in [0.2, 0.25) is 11.7 Å². The van der Waals surface area contributed by atoms with Crippen LogP contribution in [0.5, 0.6) is 0 Å². The molecule has 9 nitrogen and oxygen atoms in total. The summed E-state index contributed by atoms with van der Waals surface area (Å²) in [6.45, 7) is 3.95. The van der Waals surface area contributed by atoms with Gasteiger partial charge in [-0.1, -0.05) is 37.1 Å². The van der Waals surface area contributed by atoms with Crippen LogP contribution in [0.2, 0.25) is 0 Å². The summed E-state index contributed by atoms with van der Waals surface area (Å²) in [5.41, 5.74) is 2.62. The lowest BCUT2D eigenvalue weighted by molar-refractivity contribution is 0.0885. The molecule has 1 aromatic carbocycles. The van der Waals surface area contributed by atoms with Crippen LogP contribution in [0, 0.1) is 5.92 Å². The maximum absolute atomic E-state index is 12.4. The zero-order chi connectivity index (χ0) is 21.4. The summed E-state index contributed by atoms with van der Waals surface area (Å²) < 4.78 is 12.7. The van der Waals surface area contributed by atoms with E-state index in [9.17, 15) is 4.79 Å². The predicted octanol–water partition coefficient (Wildman–Crippen LogP) is 4.32. The smallest absolute Gasteiger partial charge is 0.287 e. The molecule has 5 rings (SSSR count). The fourth-order valence-electron chi connectivity index (χ4n) is 4.11. The Bertz CT molecular complexity index is 1190. The van der Waals surface area contributed by atoms with Crippen LogP contribution in [-0.4, -0.2) is 31.0 Å². The third kappa shape index (κ3) is 3.71. The van der Waals surface area contributed by atoms with Crippen LogP contribution in [0.3, 0.4) is 0 Å². The SMILES string of the molecule is CC(C)[C@@H](NC(=O)c1ccco1)c1nc(-c2ccc3c(c2)nnn3C2CCCC2)no1. The molecular weight excluding hydrogens is 396 g/mol. The van der Waals surface area contributed by atoms with E-state index in [1.165, 1.54) is 19.1 Å². The van der Waals surface area contributed by atoms with Crippen molar-refractivity contribution in [3.63, 3.8) is 0 Å². The average molecular weight is 420 g/mol. The molecule has 0 spiro atoms. The minimum Gasteiger partial charge on any atom is -0.459 e. The van der Waals surface area contributed by atoms with E-state index >= 15 is 0 Å². The van der Waals surface area contributed by atoms with Crippen molar-refractivity contribution in [3.8, 4) is 11.4 Å². The van der Waals surface area contributed by atoms with E-state index < -0.39 is 6.04 Å². The van der Waals surface area contributed by atoms with Gasteiger partial charge < -0.3 is 14.3 Å². The first-order chi connectivity index (χ1) is 15.1. The van der Waals surface area contributed by atoms with E-state index in [0.717, 1.165) is 29.4 Å². The standard InChI is InChI=1S/C22H24N6O3/c1-13(2)19(23-21(29)18-8-5-11-30-18)22-24-20(26-31-22)14-9-10-17-16(12-14)25-27-28(17)15-6-3-4-7-15/h5,8-13,15,19H,3-4,6-7H2,1-2H3,(H,23,29)/t19-/m1/s1. The summed E-state index contributed by atoms with van der Waals surface area (Å²) in [7, 11) is 0. The van der Waals surface area contributed by atoms with Crippen molar-refractivity contribution < 1.29 is 13.7 Å². The fourth-order valence-corrected chi connectivity index (χ4v) is 4.11. The highest BCUT2D eigenvalue weighted by atomic mass is 16.5. The number of benzene rings is 1. The molecule has 0 bridgehead atoms. The van der Waals surface area contributed by atoms with Crippen LogP contribution in [0.1, 0.15) is 68.1 Å². The van der Waals surface area contributed by atoms with Crippen molar-refractivity contribution in [2.45, 2.75) is 51.6 Å². The molecule has 0 radical (unpaired) electrons. The molecule has 160 valence electrons. The molecule has 1 aliphatic rings. The average Bonchev–Trinajstić information content (AvgIpc) is 3.55. The highest BCUT2D eigenvalue weighted by Gasteiger charge is 2.26. The van der Waals surface area contributed by atoms with E-state index in [1.54, 1.807) is 12.1 Å². The number of fused-ring (bicyclic) bond motifs is 1. The Balaban J connectivity index is 1.39. The van der Waals surface area contributed by atoms with Gasteiger partial charge in [-0.05, 0) is 49.1 Å². The summed E-state index contributed by atoms with van der Waals surface area (Å²) in [4.78, 5) is 17.0. The first kappa shape index (κ1) is 19.5. The van der Waals surface area contributed by atoms with Crippen LogP contribution in [0.15, 0.2) is 45.5 Å². The lowest BCUT2D eigenvalue weighted by atomic mass is 10.0. The molecule has 0 unspecified atom stereocenters. The summed E-state index contributed by atoms with van der Waals surface area (Å²) >= 11 is 0. The number of carbonyl (C=O) groups excluding carboxylic acids is 1. The fraction of sp³-hybridized carbons (Fsp3) is 0.409. The van der Waals surface area contributed by atoms with Crippen LogP contribution >= 0.6 is 0 Å². The van der Waals surface area contributed by atoms with Crippen molar-refractivity contribution in [2.75, 3.05) is 0 Å². The van der Waals surface area contributed by atoms with Gasteiger partial charge in [-0.25, -0.2) is 4.68 Å². The molecule has 31 heavy (non-hydrogen) atoms. The zero-order valence-electron chi connectivity index (χ0n) is 17.5. The highest BCUT2D eigenvalue weighted by Crippen LogP contribution is 2.32. The van der Waals surface area contributed by atoms with E-state index in [0.29, 0.717) is 17.8 Å². The normalized spacial score (nSPS) is 15.7. The first-order valence-electron chi connectivity index (χ1n) is 10.6. The third-order valence-electron chi connectivity index (χ3n) is 5.81. The molecule has 3 heterocycles. The first-order valence-corrected chi connectivity index (χ1v) is 10.6. The van der Waals surface area contributed by atoms with E-state index in [1.807, 2.05) is 36.7 Å². The number of carbonyl (C=O) groups is 1. The minimum atomic E-state index is -0.439.